The zero-order valence-electron chi connectivity index (χ0n) is 12.1. The number of hydrogen-bond donors (Lipinski definition) is 2. The maximum atomic E-state index is 10.9. The summed E-state index contributed by atoms with van der Waals surface area (Å²) in [4.78, 5) is 5.24. The minimum atomic E-state index is -3.97. The van der Waals surface area contributed by atoms with Crippen LogP contribution in [-0.4, -0.2) is 29.7 Å². The van der Waals surface area contributed by atoms with E-state index in [0.717, 1.165) is 33.9 Å². The molecule has 122 valence electrons. The Morgan fingerprint density at radius 3 is 2.77 bits per heavy atom. The Bertz CT molecular complexity index is 688. The van der Waals surface area contributed by atoms with E-state index in [0.29, 0.717) is 12.8 Å². The smallest absolute Gasteiger partial charge is 0.264 e. The van der Waals surface area contributed by atoms with Gasteiger partial charge >= 0.3 is 0 Å². The summed E-state index contributed by atoms with van der Waals surface area (Å²) in [7, 11) is -3.97. The molecule has 1 atom stereocenters. The molecule has 9 heteroatoms. The van der Waals surface area contributed by atoms with E-state index in [9.17, 15) is 8.42 Å². The normalized spacial score (nSPS) is 20.8. The van der Waals surface area contributed by atoms with Crippen molar-refractivity contribution >= 4 is 33.6 Å². The van der Waals surface area contributed by atoms with Crippen LogP contribution in [0.5, 0.6) is 0 Å². The van der Waals surface area contributed by atoms with Gasteiger partial charge in [0.2, 0.25) is 0 Å². The van der Waals surface area contributed by atoms with Gasteiger partial charge < -0.3 is 0 Å². The van der Waals surface area contributed by atoms with Crippen LogP contribution in [0.15, 0.2) is 28.1 Å². The van der Waals surface area contributed by atoms with Crippen molar-refractivity contribution in [3.8, 4) is 0 Å². The first kappa shape index (κ1) is 17.4. The van der Waals surface area contributed by atoms with Crippen molar-refractivity contribution in [3.05, 3.63) is 23.8 Å². The van der Waals surface area contributed by atoms with E-state index in [1.54, 1.807) is 6.07 Å². The monoisotopic (exact) mass is 347 g/mol. The van der Waals surface area contributed by atoms with Gasteiger partial charge in [0.05, 0.1) is 23.5 Å². The summed E-state index contributed by atoms with van der Waals surface area (Å²) in [5.41, 5.74) is 2.25. The average molecular weight is 347 g/mol. The second-order valence-corrected chi connectivity index (χ2v) is 7.67. The van der Waals surface area contributed by atoms with Crippen LogP contribution < -0.4 is 0 Å². The Kier molecular flexibility index (Phi) is 5.25. The number of nitrogens with zero attached hydrogens (tertiary/aromatic N) is 1. The molecule has 22 heavy (non-hydrogen) atoms. The molecule has 0 amide bonds. The van der Waals surface area contributed by atoms with E-state index in [-0.39, 0.29) is 5.75 Å². The molecule has 2 rings (SSSR count). The molecule has 1 aromatic carbocycles. The fraction of sp³-hybridized carbons (Fsp3) is 0.462. The number of fused-ring (bicyclic) bond motifs is 1. The van der Waals surface area contributed by atoms with Crippen LogP contribution in [-0.2, 0) is 24.9 Å². The highest BCUT2D eigenvalue weighted by Gasteiger charge is 2.36. The van der Waals surface area contributed by atoms with E-state index in [4.69, 9.17) is 9.81 Å². The third-order valence-corrected chi connectivity index (χ3v) is 5.27. The largest absolute Gasteiger partial charge is 0.286 e. The van der Waals surface area contributed by atoms with E-state index >= 15 is 0 Å². The third-order valence-electron chi connectivity index (χ3n) is 3.89. The fourth-order valence-corrected chi connectivity index (χ4v) is 3.49. The molecule has 1 aliphatic rings. The highest BCUT2D eigenvalue weighted by atomic mass is 32.2. The van der Waals surface area contributed by atoms with Gasteiger partial charge in [0.1, 0.15) is 0 Å². The van der Waals surface area contributed by atoms with Crippen molar-refractivity contribution in [2.75, 3.05) is 5.75 Å². The topological polar surface area (TPSA) is 105 Å². The lowest BCUT2D eigenvalue weighted by Crippen LogP contribution is -2.28. The van der Waals surface area contributed by atoms with Crippen LogP contribution in [0.1, 0.15) is 32.3 Å². The van der Waals surface area contributed by atoms with Crippen molar-refractivity contribution in [1.82, 2.24) is 0 Å². The van der Waals surface area contributed by atoms with E-state index in [2.05, 4.69) is 14.4 Å². The highest BCUT2D eigenvalue weighted by Crippen LogP contribution is 2.44. The second-order valence-electron chi connectivity index (χ2n) is 5.32. The Hall–Kier alpha value is -0.970. The Morgan fingerprint density at radius 1 is 1.41 bits per heavy atom. The summed E-state index contributed by atoms with van der Waals surface area (Å²) in [6, 6.07) is 5.48. The molecule has 0 aromatic heterocycles. The molecule has 0 radical (unpaired) electrons. The lowest BCUT2D eigenvalue weighted by molar-refractivity contribution is -0.432. The first-order valence-corrected chi connectivity index (χ1v) is 8.91. The summed E-state index contributed by atoms with van der Waals surface area (Å²) in [6.45, 7) is 3.88. The molecular weight excluding hydrogens is 330 g/mol. The third kappa shape index (κ3) is 3.86. The van der Waals surface area contributed by atoms with Crippen molar-refractivity contribution < 1.29 is 27.6 Å². The first-order valence-electron chi connectivity index (χ1n) is 6.56. The van der Waals surface area contributed by atoms with Gasteiger partial charge in [-0.1, -0.05) is 12.0 Å². The zero-order valence-corrected chi connectivity index (χ0v) is 13.8. The number of benzene rings is 1. The molecule has 1 aliphatic heterocycles. The lowest BCUT2D eigenvalue weighted by Gasteiger charge is -2.26. The summed E-state index contributed by atoms with van der Waals surface area (Å²) < 4.78 is 35.0. The van der Waals surface area contributed by atoms with E-state index < -0.39 is 15.5 Å². The summed E-state index contributed by atoms with van der Waals surface area (Å²) in [5, 5.41) is 11.8. The molecule has 0 saturated carbocycles. The van der Waals surface area contributed by atoms with Crippen molar-refractivity contribution in [1.29, 1.82) is 0 Å². The van der Waals surface area contributed by atoms with Gasteiger partial charge in [0.25, 0.3) is 10.1 Å². The van der Waals surface area contributed by atoms with Gasteiger partial charge in [-0.2, -0.15) is 8.42 Å². The van der Waals surface area contributed by atoms with Crippen LogP contribution >= 0.6 is 12.0 Å². The molecule has 2 N–H and O–H groups in total. The van der Waals surface area contributed by atoms with Crippen molar-refractivity contribution in [3.63, 3.8) is 0 Å². The molecule has 0 saturated heterocycles. The Morgan fingerprint density at radius 2 is 2.14 bits per heavy atom. The molecule has 1 aromatic rings. The number of aliphatic imine (C=N–C) groups is 1. The Labute approximate surface area is 133 Å². The molecule has 0 spiro atoms. The van der Waals surface area contributed by atoms with E-state index in [1.807, 2.05) is 26.0 Å². The van der Waals surface area contributed by atoms with Gasteiger partial charge in [0, 0.05) is 16.0 Å². The summed E-state index contributed by atoms with van der Waals surface area (Å²) in [5.74, 6) is -0.277. The molecule has 0 aliphatic carbocycles. The highest BCUT2D eigenvalue weighted by molar-refractivity contribution is 7.94. The summed E-state index contributed by atoms with van der Waals surface area (Å²) in [6.07, 6.45) is 0.871. The van der Waals surface area contributed by atoms with Gasteiger partial charge in [-0.15, -0.1) is 4.33 Å². The number of hydrogen-bond acceptors (Lipinski definition) is 7. The lowest BCUT2D eigenvalue weighted by atomic mass is 9.76. The van der Waals surface area contributed by atoms with Crippen LogP contribution in [0, 0.1) is 0 Å². The molecular formula is C13H17NO6S2. The van der Waals surface area contributed by atoms with Gasteiger partial charge in [-0.3, -0.25) is 9.55 Å². The Balaban J connectivity index is 2.21. The molecule has 1 unspecified atom stereocenters. The zero-order chi connectivity index (χ0) is 16.4. The summed E-state index contributed by atoms with van der Waals surface area (Å²) >= 11 is 0.857. The van der Waals surface area contributed by atoms with Crippen LogP contribution in [0.4, 0.5) is 5.69 Å². The van der Waals surface area contributed by atoms with E-state index in [1.165, 1.54) is 0 Å². The predicted octanol–water partition coefficient (Wildman–Crippen LogP) is 3.15. The maximum Gasteiger partial charge on any atom is 0.264 e. The number of rotatable bonds is 7. The average Bonchev–Trinajstić information content (AvgIpc) is 2.67. The van der Waals surface area contributed by atoms with Crippen molar-refractivity contribution in [2.24, 2.45) is 4.99 Å². The molecule has 0 bridgehead atoms. The second kappa shape index (κ2) is 6.65. The van der Waals surface area contributed by atoms with Crippen molar-refractivity contribution in [2.45, 2.75) is 37.0 Å². The SMILES string of the molecule is CC1=Nc2ccc(SOOO)cc2C1(C)CCCS(=O)(=O)O. The molecule has 1 heterocycles. The van der Waals surface area contributed by atoms with Gasteiger partial charge in [-0.25, -0.2) is 5.26 Å². The van der Waals surface area contributed by atoms with Crippen LogP contribution in [0.25, 0.3) is 0 Å². The molecule has 7 nitrogen and oxygen atoms in total. The maximum absolute atomic E-state index is 10.9. The minimum Gasteiger partial charge on any atom is -0.286 e. The standard InChI is InChI=1S/C13H17NO6S2/c1-9-13(2,6-3-7-22(16,17)18)11-8-10(21-20-19-15)4-5-12(11)14-9/h4-5,8,15H,3,6-7H2,1-2H3,(H,16,17,18). The fourth-order valence-electron chi connectivity index (χ4n) is 2.58. The van der Waals surface area contributed by atoms with Crippen LogP contribution in [0.3, 0.4) is 0 Å². The quantitative estimate of drug-likeness (QED) is 0.338. The minimum absolute atomic E-state index is 0.277. The van der Waals surface area contributed by atoms with Crippen LogP contribution in [0.2, 0.25) is 0 Å². The van der Waals surface area contributed by atoms with Gasteiger partial charge in [0.15, 0.2) is 0 Å². The molecule has 0 fully saturated rings. The predicted molar refractivity (Wildman–Crippen MR) is 82.9 cm³/mol. The van der Waals surface area contributed by atoms with Gasteiger partial charge in [-0.05, 0) is 43.5 Å². The first-order chi connectivity index (χ1) is 10.3.